The van der Waals surface area contributed by atoms with E-state index in [0.29, 0.717) is 0 Å². The Bertz CT molecular complexity index is 485. The lowest BCUT2D eigenvalue weighted by molar-refractivity contribution is 0.426. The van der Waals surface area contributed by atoms with Crippen LogP contribution in [0.25, 0.3) is 0 Å². The minimum absolute atomic E-state index is 0.0431. The van der Waals surface area contributed by atoms with Gasteiger partial charge >= 0.3 is 0 Å². The molecule has 1 aromatic heterocycles. The monoisotopic (exact) mass is 245 g/mol. The molecular weight excluding hydrogens is 226 g/mol. The third kappa shape index (κ3) is 2.43. The van der Waals surface area contributed by atoms with E-state index >= 15 is 0 Å². The highest BCUT2D eigenvalue weighted by atomic mass is 32.1. The summed E-state index contributed by atoms with van der Waals surface area (Å²) in [4.78, 5) is 2.58. The SMILES string of the molecule is Cc1ccc(C(N)C(C)(C)c2ccccc2)s1. The first-order valence-corrected chi connectivity index (χ1v) is 6.71. The summed E-state index contributed by atoms with van der Waals surface area (Å²) in [5.41, 5.74) is 7.68. The van der Waals surface area contributed by atoms with Crippen molar-refractivity contribution in [1.29, 1.82) is 0 Å². The minimum Gasteiger partial charge on any atom is -0.323 e. The standard InChI is InChI=1S/C15H19NS/c1-11-9-10-13(17-11)14(16)15(2,3)12-7-5-4-6-8-12/h4-10,14H,16H2,1-3H3. The molecule has 0 aliphatic rings. The maximum absolute atomic E-state index is 6.43. The van der Waals surface area contributed by atoms with Crippen LogP contribution in [0.4, 0.5) is 0 Å². The Balaban J connectivity index is 2.33. The number of nitrogens with two attached hydrogens (primary N) is 1. The Morgan fingerprint density at radius 3 is 2.24 bits per heavy atom. The third-order valence-corrected chi connectivity index (χ3v) is 4.45. The van der Waals surface area contributed by atoms with E-state index in [1.165, 1.54) is 15.3 Å². The summed E-state index contributed by atoms with van der Waals surface area (Å²) in [5, 5.41) is 0. The zero-order valence-electron chi connectivity index (χ0n) is 10.6. The van der Waals surface area contributed by atoms with E-state index in [4.69, 9.17) is 5.73 Å². The first-order chi connectivity index (χ1) is 8.01. The molecule has 17 heavy (non-hydrogen) atoms. The van der Waals surface area contributed by atoms with Gasteiger partial charge in [0.2, 0.25) is 0 Å². The van der Waals surface area contributed by atoms with Crippen LogP contribution >= 0.6 is 11.3 Å². The van der Waals surface area contributed by atoms with Gasteiger partial charge in [0.1, 0.15) is 0 Å². The summed E-state index contributed by atoms with van der Waals surface area (Å²) >= 11 is 1.79. The van der Waals surface area contributed by atoms with Crippen LogP contribution in [0, 0.1) is 6.92 Å². The molecular formula is C15H19NS. The van der Waals surface area contributed by atoms with Crippen LogP contribution in [-0.4, -0.2) is 0 Å². The average molecular weight is 245 g/mol. The Labute approximate surface area is 107 Å². The highest BCUT2D eigenvalue weighted by molar-refractivity contribution is 7.12. The smallest absolute Gasteiger partial charge is 0.0482 e. The Hall–Kier alpha value is -1.12. The first kappa shape index (κ1) is 12.3. The summed E-state index contributed by atoms with van der Waals surface area (Å²) in [6.45, 7) is 6.54. The molecule has 0 aliphatic heterocycles. The molecule has 0 spiro atoms. The molecule has 0 aliphatic carbocycles. The highest BCUT2D eigenvalue weighted by Crippen LogP contribution is 2.37. The van der Waals surface area contributed by atoms with Gasteiger partial charge in [-0.05, 0) is 24.6 Å². The summed E-state index contributed by atoms with van der Waals surface area (Å²) in [5.74, 6) is 0. The lowest BCUT2D eigenvalue weighted by Crippen LogP contribution is -2.32. The second-order valence-corrected chi connectivity index (χ2v) is 6.33. The molecule has 0 saturated heterocycles. The van der Waals surface area contributed by atoms with Crippen molar-refractivity contribution in [1.82, 2.24) is 0 Å². The average Bonchev–Trinajstić information content (AvgIpc) is 2.76. The van der Waals surface area contributed by atoms with Crippen molar-refractivity contribution in [3.63, 3.8) is 0 Å². The predicted molar refractivity (Wildman–Crippen MR) is 75.5 cm³/mol. The lowest BCUT2D eigenvalue weighted by Gasteiger charge is -2.31. The molecule has 0 radical (unpaired) electrons. The molecule has 0 bridgehead atoms. The van der Waals surface area contributed by atoms with Gasteiger partial charge in [-0.25, -0.2) is 0 Å². The number of thiophene rings is 1. The van der Waals surface area contributed by atoms with Crippen molar-refractivity contribution >= 4 is 11.3 Å². The fourth-order valence-electron chi connectivity index (χ4n) is 2.02. The van der Waals surface area contributed by atoms with Crippen molar-refractivity contribution in [2.75, 3.05) is 0 Å². The van der Waals surface area contributed by atoms with E-state index in [2.05, 4.69) is 57.2 Å². The molecule has 1 atom stereocenters. The van der Waals surface area contributed by atoms with E-state index in [9.17, 15) is 0 Å². The van der Waals surface area contributed by atoms with Crippen LogP contribution in [0.1, 0.15) is 35.2 Å². The van der Waals surface area contributed by atoms with Crippen molar-refractivity contribution in [2.24, 2.45) is 5.73 Å². The first-order valence-electron chi connectivity index (χ1n) is 5.89. The van der Waals surface area contributed by atoms with Gasteiger partial charge in [-0.15, -0.1) is 11.3 Å². The molecule has 0 fully saturated rings. The van der Waals surface area contributed by atoms with Crippen molar-refractivity contribution in [2.45, 2.75) is 32.2 Å². The van der Waals surface area contributed by atoms with Crippen molar-refractivity contribution in [3.8, 4) is 0 Å². The normalized spacial score (nSPS) is 13.6. The summed E-state index contributed by atoms with van der Waals surface area (Å²) < 4.78 is 0. The summed E-state index contributed by atoms with van der Waals surface area (Å²) in [6.07, 6.45) is 0. The zero-order chi connectivity index (χ0) is 12.5. The minimum atomic E-state index is -0.0431. The van der Waals surface area contributed by atoms with Gasteiger partial charge < -0.3 is 5.73 Å². The predicted octanol–water partition coefficient (Wildman–Crippen LogP) is 4.03. The van der Waals surface area contributed by atoms with E-state index in [0.717, 1.165) is 0 Å². The van der Waals surface area contributed by atoms with Gasteiger partial charge in [-0.2, -0.15) is 0 Å². The quantitative estimate of drug-likeness (QED) is 0.868. The van der Waals surface area contributed by atoms with Crippen LogP contribution in [0.15, 0.2) is 42.5 Å². The van der Waals surface area contributed by atoms with Gasteiger partial charge in [0.05, 0.1) is 0 Å². The van der Waals surface area contributed by atoms with E-state index in [1.807, 2.05) is 6.07 Å². The summed E-state index contributed by atoms with van der Waals surface area (Å²) in [7, 11) is 0. The Morgan fingerprint density at radius 2 is 1.71 bits per heavy atom. The van der Waals surface area contributed by atoms with Crippen LogP contribution in [0.3, 0.4) is 0 Å². The molecule has 0 saturated carbocycles. The van der Waals surface area contributed by atoms with Gasteiger partial charge in [0, 0.05) is 21.2 Å². The lowest BCUT2D eigenvalue weighted by atomic mass is 9.77. The molecule has 1 nitrogen and oxygen atoms in total. The Kier molecular flexibility index (Phi) is 3.36. The number of hydrogen-bond donors (Lipinski definition) is 1. The van der Waals surface area contributed by atoms with Gasteiger partial charge in [-0.1, -0.05) is 44.2 Å². The van der Waals surface area contributed by atoms with E-state index in [1.54, 1.807) is 11.3 Å². The largest absolute Gasteiger partial charge is 0.323 e. The second kappa shape index (κ2) is 4.63. The highest BCUT2D eigenvalue weighted by Gasteiger charge is 2.30. The maximum Gasteiger partial charge on any atom is 0.0482 e. The summed E-state index contributed by atoms with van der Waals surface area (Å²) in [6, 6.07) is 14.8. The van der Waals surface area contributed by atoms with E-state index in [-0.39, 0.29) is 11.5 Å². The van der Waals surface area contributed by atoms with E-state index < -0.39 is 0 Å². The molecule has 90 valence electrons. The molecule has 2 heteroatoms. The topological polar surface area (TPSA) is 26.0 Å². The molecule has 0 amide bonds. The van der Waals surface area contributed by atoms with Gasteiger partial charge in [-0.3, -0.25) is 0 Å². The number of rotatable bonds is 3. The molecule has 2 rings (SSSR count). The molecule has 2 N–H and O–H groups in total. The second-order valence-electron chi connectivity index (χ2n) is 5.01. The third-order valence-electron chi connectivity index (χ3n) is 3.36. The molecule has 1 unspecified atom stereocenters. The Morgan fingerprint density at radius 1 is 1.06 bits per heavy atom. The van der Waals surface area contributed by atoms with Crippen molar-refractivity contribution < 1.29 is 0 Å². The van der Waals surface area contributed by atoms with Gasteiger partial charge in [0.25, 0.3) is 0 Å². The van der Waals surface area contributed by atoms with Crippen LogP contribution in [0.2, 0.25) is 0 Å². The van der Waals surface area contributed by atoms with Gasteiger partial charge in [0.15, 0.2) is 0 Å². The van der Waals surface area contributed by atoms with Crippen LogP contribution in [-0.2, 0) is 5.41 Å². The van der Waals surface area contributed by atoms with Crippen molar-refractivity contribution in [3.05, 3.63) is 57.8 Å². The fourth-order valence-corrected chi connectivity index (χ4v) is 3.09. The van der Waals surface area contributed by atoms with Crippen LogP contribution < -0.4 is 5.73 Å². The number of benzene rings is 1. The number of hydrogen-bond acceptors (Lipinski definition) is 2. The fraction of sp³-hybridized carbons (Fsp3) is 0.333. The molecule has 1 aromatic carbocycles. The van der Waals surface area contributed by atoms with Crippen LogP contribution in [0.5, 0.6) is 0 Å². The maximum atomic E-state index is 6.43. The molecule has 1 heterocycles. The number of aryl methyl sites for hydroxylation is 1. The zero-order valence-corrected chi connectivity index (χ0v) is 11.4. The molecule has 2 aromatic rings.